The van der Waals surface area contributed by atoms with E-state index in [9.17, 15) is 9.59 Å². The van der Waals surface area contributed by atoms with Crippen LogP contribution in [0.5, 0.6) is 0 Å². The van der Waals surface area contributed by atoms with Gasteiger partial charge in [-0.05, 0) is 29.7 Å². The molecule has 0 saturated carbocycles. The zero-order valence-electron chi connectivity index (χ0n) is 15.8. The number of amides is 2. The summed E-state index contributed by atoms with van der Waals surface area (Å²) in [6, 6.07) is 16.7. The number of rotatable bonds is 8. The third-order valence-corrected chi connectivity index (χ3v) is 4.38. The van der Waals surface area contributed by atoms with Crippen molar-refractivity contribution in [3.05, 3.63) is 65.7 Å². The Balaban J connectivity index is 0.00000364. The monoisotopic (exact) mass is 389 g/mol. The maximum Gasteiger partial charge on any atom is 0.227 e. The van der Waals surface area contributed by atoms with Gasteiger partial charge in [0.2, 0.25) is 11.8 Å². The van der Waals surface area contributed by atoms with Crippen LogP contribution >= 0.6 is 12.4 Å². The van der Waals surface area contributed by atoms with E-state index < -0.39 is 0 Å². The number of halogens is 1. The van der Waals surface area contributed by atoms with Crippen molar-refractivity contribution in [2.45, 2.75) is 39.3 Å². The number of nitrogens with two attached hydrogens (primary N) is 1. The molecule has 0 saturated heterocycles. The minimum absolute atomic E-state index is 0. The van der Waals surface area contributed by atoms with Crippen molar-refractivity contribution < 1.29 is 9.59 Å². The molecule has 5 nitrogen and oxygen atoms in total. The van der Waals surface area contributed by atoms with E-state index in [2.05, 4.69) is 10.6 Å². The summed E-state index contributed by atoms with van der Waals surface area (Å²) in [5.41, 5.74) is 8.68. The molecule has 0 bridgehead atoms. The van der Waals surface area contributed by atoms with Crippen LogP contribution < -0.4 is 16.4 Å². The van der Waals surface area contributed by atoms with Crippen molar-refractivity contribution in [1.82, 2.24) is 5.32 Å². The van der Waals surface area contributed by atoms with Gasteiger partial charge in [0.1, 0.15) is 0 Å². The molecule has 0 radical (unpaired) electrons. The third-order valence-electron chi connectivity index (χ3n) is 4.38. The standard InChI is InChI=1S/C21H27N3O2.ClH/c1-3-15(2)21(26)24-18-11-7-8-16(12-18)14-23-20(25)13-19(22)17-9-5-4-6-10-17;/h4-12,15,19H,3,13-14,22H2,1-2H3,(H,23,25)(H,24,26);1H. The zero-order chi connectivity index (χ0) is 18.9. The van der Waals surface area contributed by atoms with Crippen molar-refractivity contribution in [2.24, 2.45) is 11.7 Å². The van der Waals surface area contributed by atoms with Crippen molar-refractivity contribution in [1.29, 1.82) is 0 Å². The first-order valence-corrected chi connectivity index (χ1v) is 8.96. The Morgan fingerprint density at radius 1 is 1.07 bits per heavy atom. The van der Waals surface area contributed by atoms with Crippen LogP contribution in [-0.2, 0) is 16.1 Å². The lowest BCUT2D eigenvalue weighted by atomic mass is 10.0. The number of hydrogen-bond donors (Lipinski definition) is 3. The number of anilines is 1. The van der Waals surface area contributed by atoms with Crippen LogP contribution in [0, 0.1) is 5.92 Å². The minimum atomic E-state index is -0.322. The summed E-state index contributed by atoms with van der Waals surface area (Å²) in [5.74, 6) is -0.129. The summed E-state index contributed by atoms with van der Waals surface area (Å²) >= 11 is 0. The van der Waals surface area contributed by atoms with E-state index in [4.69, 9.17) is 5.73 Å². The quantitative estimate of drug-likeness (QED) is 0.642. The van der Waals surface area contributed by atoms with Crippen molar-refractivity contribution in [3.8, 4) is 0 Å². The molecule has 2 unspecified atom stereocenters. The lowest BCUT2D eigenvalue weighted by Gasteiger charge is -2.13. The average molecular weight is 390 g/mol. The van der Waals surface area contributed by atoms with E-state index >= 15 is 0 Å². The fourth-order valence-electron chi connectivity index (χ4n) is 2.50. The Bertz CT molecular complexity index is 737. The number of nitrogens with one attached hydrogen (secondary N) is 2. The van der Waals surface area contributed by atoms with Gasteiger partial charge in [0.25, 0.3) is 0 Å². The van der Waals surface area contributed by atoms with Crippen LogP contribution in [-0.4, -0.2) is 11.8 Å². The van der Waals surface area contributed by atoms with Gasteiger partial charge in [-0.2, -0.15) is 0 Å². The van der Waals surface area contributed by atoms with E-state index in [0.717, 1.165) is 23.2 Å². The molecule has 2 aromatic carbocycles. The van der Waals surface area contributed by atoms with Crippen LogP contribution in [0.3, 0.4) is 0 Å². The topological polar surface area (TPSA) is 84.2 Å². The van der Waals surface area contributed by atoms with Gasteiger partial charge < -0.3 is 16.4 Å². The van der Waals surface area contributed by atoms with Gasteiger partial charge in [-0.3, -0.25) is 9.59 Å². The lowest BCUT2D eigenvalue weighted by molar-refractivity contribution is -0.121. The van der Waals surface area contributed by atoms with E-state index in [-0.39, 0.29) is 42.6 Å². The minimum Gasteiger partial charge on any atom is -0.352 e. The summed E-state index contributed by atoms with van der Waals surface area (Å²) in [5, 5.41) is 5.79. The normalized spacial score (nSPS) is 12.4. The SMILES string of the molecule is CCC(C)C(=O)Nc1cccc(CNC(=O)CC(N)c2ccccc2)c1.Cl. The van der Waals surface area contributed by atoms with E-state index in [1.807, 2.05) is 68.4 Å². The molecule has 0 heterocycles. The molecule has 2 aromatic rings. The number of carbonyl (C=O) groups excluding carboxylic acids is 2. The molecule has 6 heteroatoms. The number of benzene rings is 2. The van der Waals surface area contributed by atoms with Crippen LogP contribution in [0.1, 0.15) is 43.9 Å². The second kappa shape index (κ2) is 11.4. The zero-order valence-corrected chi connectivity index (χ0v) is 16.6. The van der Waals surface area contributed by atoms with Gasteiger partial charge in [-0.1, -0.05) is 56.3 Å². The van der Waals surface area contributed by atoms with Gasteiger partial charge in [0.05, 0.1) is 0 Å². The average Bonchev–Trinajstić information content (AvgIpc) is 2.66. The van der Waals surface area contributed by atoms with Crippen molar-refractivity contribution in [3.63, 3.8) is 0 Å². The van der Waals surface area contributed by atoms with Crippen molar-refractivity contribution >= 4 is 29.9 Å². The van der Waals surface area contributed by atoms with Gasteiger partial charge in [0, 0.05) is 30.6 Å². The molecule has 2 rings (SSSR count). The maximum absolute atomic E-state index is 12.1. The highest BCUT2D eigenvalue weighted by Crippen LogP contribution is 2.15. The maximum atomic E-state index is 12.1. The Morgan fingerprint density at radius 3 is 2.44 bits per heavy atom. The van der Waals surface area contributed by atoms with Gasteiger partial charge in [-0.15, -0.1) is 12.4 Å². The number of hydrogen-bond acceptors (Lipinski definition) is 3. The highest BCUT2D eigenvalue weighted by atomic mass is 35.5. The highest BCUT2D eigenvalue weighted by molar-refractivity contribution is 5.92. The predicted molar refractivity (Wildman–Crippen MR) is 112 cm³/mol. The molecular weight excluding hydrogens is 362 g/mol. The highest BCUT2D eigenvalue weighted by Gasteiger charge is 2.12. The first-order valence-electron chi connectivity index (χ1n) is 8.96. The fraction of sp³-hybridized carbons (Fsp3) is 0.333. The van der Waals surface area contributed by atoms with Crippen LogP contribution in [0.2, 0.25) is 0 Å². The van der Waals surface area contributed by atoms with Crippen LogP contribution in [0.4, 0.5) is 5.69 Å². The molecule has 0 fully saturated rings. The van der Waals surface area contributed by atoms with Crippen molar-refractivity contribution in [2.75, 3.05) is 5.32 Å². The Labute approximate surface area is 167 Å². The smallest absolute Gasteiger partial charge is 0.227 e. The van der Waals surface area contributed by atoms with Crippen LogP contribution in [0.15, 0.2) is 54.6 Å². The lowest BCUT2D eigenvalue weighted by Crippen LogP contribution is -2.27. The second-order valence-corrected chi connectivity index (χ2v) is 6.50. The summed E-state index contributed by atoms with van der Waals surface area (Å²) in [6.45, 7) is 4.28. The summed E-state index contributed by atoms with van der Waals surface area (Å²) in [6.07, 6.45) is 1.03. The Hall–Kier alpha value is -2.37. The van der Waals surface area contributed by atoms with Crippen LogP contribution in [0.25, 0.3) is 0 Å². The predicted octanol–water partition coefficient (Wildman–Crippen LogP) is 3.80. The largest absolute Gasteiger partial charge is 0.352 e. The van der Waals surface area contributed by atoms with E-state index in [1.165, 1.54) is 0 Å². The van der Waals surface area contributed by atoms with Gasteiger partial charge in [0.15, 0.2) is 0 Å². The second-order valence-electron chi connectivity index (χ2n) is 6.50. The van der Waals surface area contributed by atoms with E-state index in [0.29, 0.717) is 6.54 Å². The number of carbonyl (C=O) groups is 2. The molecule has 4 N–H and O–H groups in total. The molecule has 0 aliphatic carbocycles. The molecule has 0 aromatic heterocycles. The fourth-order valence-corrected chi connectivity index (χ4v) is 2.50. The molecular formula is C21H28ClN3O2. The molecule has 27 heavy (non-hydrogen) atoms. The Morgan fingerprint density at radius 2 is 1.78 bits per heavy atom. The summed E-state index contributed by atoms with van der Waals surface area (Å²) in [7, 11) is 0. The molecule has 2 atom stereocenters. The van der Waals surface area contributed by atoms with Gasteiger partial charge >= 0.3 is 0 Å². The molecule has 0 aliphatic heterocycles. The molecule has 0 aliphatic rings. The molecule has 0 spiro atoms. The third kappa shape index (κ3) is 7.41. The van der Waals surface area contributed by atoms with Gasteiger partial charge in [-0.25, -0.2) is 0 Å². The van der Waals surface area contributed by atoms with E-state index in [1.54, 1.807) is 0 Å². The summed E-state index contributed by atoms with van der Waals surface area (Å²) in [4.78, 5) is 24.1. The summed E-state index contributed by atoms with van der Waals surface area (Å²) < 4.78 is 0. The first kappa shape index (κ1) is 22.7. The molecule has 146 valence electrons. The molecule has 2 amide bonds. The first-order chi connectivity index (χ1) is 12.5. The Kier molecular flexibility index (Phi) is 9.54.